The summed E-state index contributed by atoms with van der Waals surface area (Å²) in [6.45, 7) is 2.02. The van der Waals surface area contributed by atoms with Crippen LogP contribution in [0.4, 0.5) is 0 Å². The second-order valence-electron chi connectivity index (χ2n) is 6.71. The van der Waals surface area contributed by atoms with Gasteiger partial charge in [-0.2, -0.15) is 0 Å². The third-order valence-corrected chi connectivity index (χ3v) is 5.44. The van der Waals surface area contributed by atoms with Crippen LogP contribution >= 0.6 is 0 Å². The van der Waals surface area contributed by atoms with E-state index in [4.69, 9.17) is 4.74 Å². The molecule has 0 unspecified atom stereocenters. The molecule has 3 heterocycles. The first-order valence-electron chi connectivity index (χ1n) is 8.36. The van der Waals surface area contributed by atoms with Crippen molar-refractivity contribution in [3.63, 3.8) is 0 Å². The summed E-state index contributed by atoms with van der Waals surface area (Å²) in [5.41, 5.74) is 1.26. The molecule has 1 aromatic carbocycles. The molecule has 6 nitrogen and oxygen atoms in total. The maximum Gasteiger partial charge on any atom is 0.270 e. The molecule has 0 radical (unpaired) electrons. The van der Waals surface area contributed by atoms with Crippen molar-refractivity contribution in [2.24, 2.45) is 5.41 Å². The van der Waals surface area contributed by atoms with E-state index in [1.165, 1.54) is 0 Å². The van der Waals surface area contributed by atoms with Crippen LogP contribution in [-0.4, -0.2) is 48.4 Å². The first-order chi connectivity index (χ1) is 11.6. The highest BCUT2D eigenvalue weighted by molar-refractivity contribution is 5.98. The second kappa shape index (κ2) is 5.54. The summed E-state index contributed by atoms with van der Waals surface area (Å²) in [5.74, 6) is 0.929. The molecule has 4 rings (SSSR count). The number of nitrogens with one attached hydrogen (secondary N) is 2. The van der Waals surface area contributed by atoms with Crippen molar-refractivity contribution in [3.8, 4) is 5.75 Å². The Morgan fingerprint density at radius 1 is 1.21 bits per heavy atom. The van der Waals surface area contributed by atoms with Gasteiger partial charge in [0.2, 0.25) is 5.91 Å². The van der Waals surface area contributed by atoms with Gasteiger partial charge in [0, 0.05) is 30.5 Å². The number of ether oxygens (including phenoxy) is 1. The molecule has 24 heavy (non-hydrogen) atoms. The monoisotopic (exact) mass is 327 g/mol. The first kappa shape index (κ1) is 15.1. The number of hydrogen-bond donors (Lipinski definition) is 2. The van der Waals surface area contributed by atoms with Crippen molar-refractivity contribution in [2.45, 2.75) is 19.3 Å². The molecule has 2 saturated heterocycles. The molecule has 0 saturated carbocycles. The molecule has 2 fully saturated rings. The first-order valence-corrected chi connectivity index (χ1v) is 8.36. The summed E-state index contributed by atoms with van der Waals surface area (Å²) in [6.07, 6.45) is 2.39. The molecule has 1 spiro atoms. The standard InChI is InChI=1S/C18H21N3O3/c1-24-13-2-3-14-12(10-13)11-15(20-14)16(22)21-8-5-18(6-9-21)4-7-19-17(18)23/h2-3,10-11,20H,4-9H2,1H3,(H,19,23). The summed E-state index contributed by atoms with van der Waals surface area (Å²) in [6, 6.07) is 7.57. The molecular formula is C18H21N3O3. The lowest BCUT2D eigenvalue weighted by atomic mass is 9.77. The lowest BCUT2D eigenvalue weighted by molar-refractivity contribution is -0.129. The molecule has 2 aliphatic heterocycles. The largest absolute Gasteiger partial charge is 0.497 e. The lowest BCUT2D eigenvalue weighted by Gasteiger charge is -2.37. The Bertz CT molecular complexity index is 803. The van der Waals surface area contributed by atoms with Gasteiger partial charge >= 0.3 is 0 Å². The fourth-order valence-electron chi connectivity index (χ4n) is 3.85. The number of nitrogens with zero attached hydrogens (tertiary/aromatic N) is 1. The van der Waals surface area contributed by atoms with Gasteiger partial charge in [-0.1, -0.05) is 0 Å². The van der Waals surface area contributed by atoms with Crippen molar-refractivity contribution in [3.05, 3.63) is 30.0 Å². The number of aromatic nitrogens is 1. The summed E-state index contributed by atoms with van der Waals surface area (Å²) in [7, 11) is 1.63. The third-order valence-electron chi connectivity index (χ3n) is 5.44. The molecule has 1 aromatic heterocycles. The van der Waals surface area contributed by atoms with Gasteiger partial charge in [-0.05, 0) is 43.5 Å². The number of piperidine rings is 1. The number of carbonyl (C=O) groups is 2. The summed E-state index contributed by atoms with van der Waals surface area (Å²) in [4.78, 5) is 29.8. The van der Waals surface area contributed by atoms with E-state index in [1.54, 1.807) is 7.11 Å². The van der Waals surface area contributed by atoms with E-state index in [9.17, 15) is 9.59 Å². The Hall–Kier alpha value is -2.50. The van der Waals surface area contributed by atoms with Gasteiger partial charge in [-0.15, -0.1) is 0 Å². The number of benzene rings is 1. The van der Waals surface area contributed by atoms with Crippen LogP contribution in [0.5, 0.6) is 5.75 Å². The van der Waals surface area contributed by atoms with Crippen LogP contribution < -0.4 is 10.1 Å². The van der Waals surface area contributed by atoms with Gasteiger partial charge in [0.15, 0.2) is 0 Å². The van der Waals surface area contributed by atoms with Crippen LogP contribution in [0.3, 0.4) is 0 Å². The quantitative estimate of drug-likeness (QED) is 0.885. The molecule has 2 aliphatic rings. The molecule has 2 amide bonds. The Balaban J connectivity index is 1.51. The van der Waals surface area contributed by atoms with Gasteiger partial charge < -0.3 is 19.9 Å². The van der Waals surface area contributed by atoms with Crippen molar-refractivity contribution < 1.29 is 14.3 Å². The average molecular weight is 327 g/mol. The zero-order chi connectivity index (χ0) is 16.7. The number of rotatable bonds is 2. The van der Waals surface area contributed by atoms with E-state index in [0.29, 0.717) is 18.8 Å². The topological polar surface area (TPSA) is 74.4 Å². The zero-order valence-corrected chi connectivity index (χ0v) is 13.7. The summed E-state index contributed by atoms with van der Waals surface area (Å²) < 4.78 is 5.22. The fourth-order valence-corrected chi connectivity index (χ4v) is 3.85. The number of aromatic amines is 1. The highest BCUT2D eigenvalue weighted by Gasteiger charge is 2.45. The molecule has 0 bridgehead atoms. The number of carbonyl (C=O) groups excluding carboxylic acids is 2. The van der Waals surface area contributed by atoms with Gasteiger partial charge in [0.05, 0.1) is 12.5 Å². The number of fused-ring (bicyclic) bond motifs is 1. The Labute approximate surface area is 140 Å². The number of methoxy groups -OCH3 is 1. The van der Waals surface area contributed by atoms with Gasteiger partial charge in [-0.3, -0.25) is 9.59 Å². The van der Waals surface area contributed by atoms with Crippen LogP contribution in [-0.2, 0) is 4.79 Å². The zero-order valence-electron chi connectivity index (χ0n) is 13.7. The Morgan fingerprint density at radius 3 is 2.67 bits per heavy atom. The predicted octanol–water partition coefficient (Wildman–Crippen LogP) is 1.92. The summed E-state index contributed by atoms with van der Waals surface area (Å²) in [5, 5.41) is 3.88. The van der Waals surface area contributed by atoms with Crippen LogP contribution in [0, 0.1) is 5.41 Å². The normalized spacial score (nSPS) is 19.7. The maximum absolute atomic E-state index is 12.8. The van der Waals surface area contributed by atoms with Crippen molar-refractivity contribution in [2.75, 3.05) is 26.7 Å². The van der Waals surface area contributed by atoms with Crippen LogP contribution in [0.25, 0.3) is 10.9 Å². The number of amides is 2. The van der Waals surface area contributed by atoms with E-state index in [-0.39, 0.29) is 17.2 Å². The summed E-state index contributed by atoms with van der Waals surface area (Å²) >= 11 is 0. The fraction of sp³-hybridized carbons (Fsp3) is 0.444. The number of hydrogen-bond acceptors (Lipinski definition) is 3. The molecule has 0 atom stereocenters. The minimum atomic E-state index is -0.245. The Morgan fingerprint density at radius 2 is 2.00 bits per heavy atom. The minimum absolute atomic E-state index is 0.00146. The Kier molecular flexibility index (Phi) is 3.48. The van der Waals surface area contributed by atoms with E-state index in [2.05, 4.69) is 10.3 Å². The predicted molar refractivity (Wildman–Crippen MR) is 90.0 cm³/mol. The smallest absolute Gasteiger partial charge is 0.270 e. The molecule has 2 N–H and O–H groups in total. The molecule has 2 aromatic rings. The maximum atomic E-state index is 12.8. The number of likely N-dealkylation sites (tertiary alicyclic amines) is 1. The van der Waals surface area contributed by atoms with E-state index < -0.39 is 0 Å². The third kappa shape index (κ3) is 2.33. The van der Waals surface area contributed by atoms with E-state index in [1.807, 2.05) is 29.2 Å². The van der Waals surface area contributed by atoms with E-state index >= 15 is 0 Å². The lowest BCUT2D eigenvalue weighted by Crippen LogP contribution is -2.46. The molecule has 6 heteroatoms. The number of H-pyrrole nitrogens is 1. The van der Waals surface area contributed by atoms with E-state index in [0.717, 1.165) is 42.5 Å². The minimum Gasteiger partial charge on any atom is -0.497 e. The van der Waals surface area contributed by atoms with Gasteiger partial charge in [-0.25, -0.2) is 0 Å². The van der Waals surface area contributed by atoms with Crippen molar-refractivity contribution in [1.29, 1.82) is 0 Å². The molecular weight excluding hydrogens is 306 g/mol. The molecule has 126 valence electrons. The van der Waals surface area contributed by atoms with Crippen molar-refractivity contribution >= 4 is 22.7 Å². The van der Waals surface area contributed by atoms with Crippen LogP contribution in [0.15, 0.2) is 24.3 Å². The van der Waals surface area contributed by atoms with Gasteiger partial charge in [0.25, 0.3) is 5.91 Å². The highest BCUT2D eigenvalue weighted by Crippen LogP contribution is 2.38. The van der Waals surface area contributed by atoms with Gasteiger partial charge in [0.1, 0.15) is 11.4 Å². The molecule has 0 aliphatic carbocycles. The average Bonchev–Trinajstić information content (AvgIpc) is 3.18. The second-order valence-corrected chi connectivity index (χ2v) is 6.71. The van der Waals surface area contributed by atoms with Crippen LogP contribution in [0.2, 0.25) is 0 Å². The highest BCUT2D eigenvalue weighted by atomic mass is 16.5. The van der Waals surface area contributed by atoms with Crippen LogP contribution in [0.1, 0.15) is 29.8 Å². The van der Waals surface area contributed by atoms with Crippen molar-refractivity contribution in [1.82, 2.24) is 15.2 Å². The SMILES string of the molecule is COc1ccc2[nH]c(C(=O)N3CCC4(CCNC4=O)CC3)cc2c1.